The van der Waals surface area contributed by atoms with E-state index in [1.54, 1.807) is 6.92 Å². The Morgan fingerprint density at radius 3 is 2.54 bits per heavy atom. The third kappa shape index (κ3) is 9.50. The lowest BCUT2D eigenvalue weighted by atomic mass is 10.3. The molecular formula is C10H24N2O+2. The maximum Gasteiger partial charge on any atom is 0.135 e. The Hall–Kier alpha value is -0.410. The Bertz CT molecular complexity index is 137. The molecule has 1 unspecified atom stereocenters. The summed E-state index contributed by atoms with van der Waals surface area (Å²) in [7, 11) is 2.16. The van der Waals surface area contributed by atoms with Crippen LogP contribution in [0.4, 0.5) is 0 Å². The highest BCUT2D eigenvalue weighted by molar-refractivity contribution is 5.75. The Morgan fingerprint density at radius 2 is 2.00 bits per heavy atom. The Morgan fingerprint density at radius 1 is 1.31 bits per heavy atom. The van der Waals surface area contributed by atoms with Gasteiger partial charge in [-0.25, -0.2) is 0 Å². The first kappa shape index (κ1) is 12.6. The molecule has 0 fully saturated rings. The van der Waals surface area contributed by atoms with Crippen molar-refractivity contribution in [3.63, 3.8) is 0 Å². The second-order valence-electron chi connectivity index (χ2n) is 3.78. The number of rotatable bonds is 8. The minimum Gasteiger partial charge on any atom is -0.342 e. The topological polar surface area (TPSA) is 38.1 Å². The molecule has 3 N–H and O–H groups in total. The van der Waals surface area contributed by atoms with Crippen LogP contribution in [0.1, 0.15) is 26.7 Å². The molecule has 3 nitrogen and oxygen atoms in total. The van der Waals surface area contributed by atoms with Gasteiger partial charge in [0.1, 0.15) is 18.9 Å². The zero-order valence-electron chi connectivity index (χ0n) is 9.23. The zero-order valence-corrected chi connectivity index (χ0v) is 9.23. The Balaban J connectivity index is 3.19. The molecule has 0 saturated heterocycles. The zero-order chi connectivity index (χ0) is 10.1. The standard InChI is InChI=1S/C10H22N2O/c1-4-6-11-7-9-12(3)8-5-10(2)13/h11H,4-9H2,1-3H3/p+2. The largest absolute Gasteiger partial charge is 0.342 e. The maximum atomic E-state index is 10.7. The number of likely N-dealkylation sites (N-methyl/N-ethyl adjacent to an activating group) is 1. The SMILES string of the molecule is CCC[NH2+]CC[NH+](C)CCC(C)=O. The van der Waals surface area contributed by atoms with E-state index < -0.39 is 0 Å². The van der Waals surface area contributed by atoms with Crippen molar-refractivity contribution >= 4 is 5.78 Å². The lowest BCUT2D eigenvalue weighted by molar-refractivity contribution is -0.893. The van der Waals surface area contributed by atoms with Crippen LogP contribution >= 0.6 is 0 Å². The summed E-state index contributed by atoms with van der Waals surface area (Å²) >= 11 is 0. The van der Waals surface area contributed by atoms with Gasteiger partial charge in [-0.3, -0.25) is 4.79 Å². The minimum atomic E-state index is 0.303. The summed E-state index contributed by atoms with van der Waals surface area (Å²) in [5.41, 5.74) is 0. The average molecular weight is 188 g/mol. The van der Waals surface area contributed by atoms with Crippen molar-refractivity contribution in [1.82, 2.24) is 0 Å². The molecule has 0 spiro atoms. The number of nitrogens with one attached hydrogen (secondary N) is 1. The molecule has 78 valence electrons. The van der Waals surface area contributed by atoms with E-state index in [4.69, 9.17) is 0 Å². The van der Waals surface area contributed by atoms with Crippen LogP contribution in [0.3, 0.4) is 0 Å². The third-order valence-corrected chi connectivity index (χ3v) is 2.17. The van der Waals surface area contributed by atoms with Crippen LogP contribution < -0.4 is 10.2 Å². The van der Waals surface area contributed by atoms with E-state index in [0.717, 1.165) is 19.5 Å². The monoisotopic (exact) mass is 188 g/mol. The molecule has 0 aliphatic carbocycles. The normalized spacial score (nSPS) is 12.8. The van der Waals surface area contributed by atoms with Crippen molar-refractivity contribution in [2.24, 2.45) is 0 Å². The van der Waals surface area contributed by atoms with Gasteiger partial charge in [-0.05, 0) is 13.3 Å². The van der Waals surface area contributed by atoms with Gasteiger partial charge < -0.3 is 10.2 Å². The van der Waals surface area contributed by atoms with Gasteiger partial charge >= 0.3 is 0 Å². The molecule has 0 radical (unpaired) electrons. The summed E-state index contributed by atoms with van der Waals surface area (Å²) in [6.45, 7) is 8.40. The second kappa shape index (κ2) is 8.20. The molecule has 13 heavy (non-hydrogen) atoms. The fourth-order valence-corrected chi connectivity index (χ4v) is 1.21. The molecule has 0 amide bonds. The summed E-state index contributed by atoms with van der Waals surface area (Å²) < 4.78 is 0. The van der Waals surface area contributed by atoms with E-state index in [2.05, 4.69) is 19.3 Å². The lowest BCUT2D eigenvalue weighted by Crippen LogP contribution is -3.12. The van der Waals surface area contributed by atoms with E-state index >= 15 is 0 Å². The lowest BCUT2D eigenvalue weighted by Gasteiger charge is -2.11. The first-order chi connectivity index (χ1) is 6.16. The molecule has 3 heteroatoms. The predicted molar refractivity (Wildman–Crippen MR) is 53.9 cm³/mol. The number of nitrogens with two attached hydrogens (primary N) is 1. The van der Waals surface area contributed by atoms with Gasteiger partial charge in [0.15, 0.2) is 0 Å². The molecule has 0 rings (SSSR count). The highest BCUT2D eigenvalue weighted by atomic mass is 16.1. The van der Waals surface area contributed by atoms with E-state index in [1.165, 1.54) is 24.4 Å². The van der Waals surface area contributed by atoms with E-state index in [1.807, 2.05) is 0 Å². The van der Waals surface area contributed by atoms with Gasteiger partial charge in [-0.2, -0.15) is 0 Å². The number of hydrogen-bond acceptors (Lipinski definition) is 1. The number of Topliss-reactive ketones (excluding diaryl/α,β-unsaturated/α-hetero) is 1. The average Bonchev–Trinajstić information content (AvgIpc) is 2.09. The maximum absolute atomic E-state index is 10.7. The van der Waals surface area contributed by atoms with Crippen LogP contribution in [0.5, 0.6) is 0 Å². The molecular weight excluding hydrogens is 164 g/mol. The highest BCUT2D eigenvalue weighted by Crippen LogP contribution is 1.73. The molecule has 0 heterocycles. The van der Waals surface area contributed by atoms with Gasteiger partial charge in [0.2, 0.25) is 0 Å². The van der Waals surface area contributed by atoms with Crippen LogP contribution in [-0.4, -0.2) is 39.0 Å². The molecule has 0 aromatic heterocycles. The fraction of sp³-hybridized carbons (Fsp3) is 0.900. The third-order valence-electron chi connectivity index (χ3n) is 2.17. The van der Waals surface area contributed by atoms with Crippen LogP contribution in [0.2, 0.25) is 0 Å². The first-order valence-corrected chi connectivity index (χ1v) is 5.29. The molecule has 1 atom stereocenters. The summed E-state index contributed by atoms with van der Waals surface area (Å²) in [6.07, 6.45) is 1.96. The van der Waals surface area contributed by atoms with E-state index in [0.29, 0.717) is 5.78 Å². The van der Waals surface area contributed by atoms with Crippen LogP contribution in [0, 0.1) is 0 Å². The number of ketones is 1. The molecule has 0 aliphatic rings. The predicted octanol–water partition coefficient (Wildman–Crippen LogP) is -1.55. The second-order valence-corrected chi connectivity index (χ2v) is 3.78. The Labute approximate surface area is 81.5 Å². The fourth-order valence-electron chi connectivity index (χ4n) is 1.21. The number of hydrogen-bond donors (Lipinski definition) is 2. The molecule has 0 bridgehead atoms. The van der Waals surface area contributed by atoms with Crippen molar-refractivity contribution in [2.45, 2.75) is 26.7 Å². The molecule has 0 aliphatic heterocycles. The smallest absolute Gasteiger partial charge is 0.135 e. The van der Waals surface area contributed by atoms with Crippen molar-refractivity contribution in [1.29, 1.82) is 0 Å². The summed E-state index contributed by atoms with van der Waals surface area (Å²) in [5.74, 6) is 0.303. The molecule has 0 aromatic rings. The van der Waals surface area contributed by atoms with Crippen molar-refractivity contribution in [3.05, 3.63) is 0 Å². The van der Waals surface area contributed by atoms with Gasteiger partial charge in [-0.15, -0.1) is 0 Å². The van der Waals surface area contributed by atoms with Crippen LogP contribution in [0.25, 0.3) is 0 Å². The minimum absolute atomic E-state index is 0.303. The van der Waals surface area contributed by atoms with Gasteiger partial charge in [0, 0.05) is 0 Å². The number of carbonyl (C=O) groups is 1. The summed E-state index contributed by atoms with van der Waals surface area (Å²) in [5, 5.41) is 2.34. The Kier molecular flexibility index (Phi) is 7.94. The van der Waals surface area contributed by atoms with Gasteiger partial charge in [-0.1, -0.05) is 6.92 Å². The molecule has 0 aromatic carbocycles. The first-order valence-electron chi connectivity index (χ1n) is 5.29. The van der Waals surface area contributed by atoms with Gasteiger partial charge in [0.25, 0.3) is 0 Å². The van der Waals surface area contributed by atoms with Crippen LogP contribution in [-0.2, 0) is 4.79 Å². The van der Waals surface area contributed by atoms with E-state index in [9.17, 15) is 4.79 Å². The number of carbonyl (C=O) groups excluding carboxylic acids is 1. The van der Waals surface area contributed by atoms with Crippen molar-refractivity contribution in [2.75, 3.05) is 33.2 Å². The summed E-state index contributed by atoms with van der Waals surface area (Å²) in [6, 6.07) is 0. The van der Waals surface area contributed by atoms with Crippen molar-refractivity contribution < 1.29 is 15.0 Å². The van der Waals surface area contributed by atoms with E-state index in [-0.39, 0.29) is 0 Å². The summed E-state index contributed by atoms with van der Waals surface area (Å²) in [4.78, 5) is 12.2. The highest BCUT2D eigenvalue weighted by Gasteiger charge is 2.03. The molecule has 0 saturated carbocycles. The van der Waals surface area contributed by atoms with Gasteiger partial charge in [0.05, 0.1) is 26.6 Å². The van der Waals surface area contributed by atoms with Crippen molar-refractivity contribution in [3.8, 4) is 0 Å². The van der Waals surface area contributed by atoms with Crippen LogP contribution in [0.15, 0.2) is 0 Å². The quantitative estimate of drug-likeness (QED) is 0.445. The number of quaternary nitrogens is 2.